The molecule has 1 amide bonds. The van der Waals surface area contributed by atoms with E-state index in [2.05, 4.69) is 20.8 Å². The lowest BCUT2D eigenvalue weighted by Crippen LogP contribution is -2.56. The molecule has 0 radical (unpaired) electrons. The lowest BCUT2D eigenvalue weighted by molar-refractivity contribution is -0.137. The summed E-state index contributed by atoms with van der Waals surface area (Å²) in [6.07, 6.45) is 2.29. The first-order valence-electron chi connectivity index (χ1n) is 10.8. The Morgan fingerprint density at radius 3 is 2.32 bits per heavy atom. The normalized spacial score (nSPS) is 20.9. The molecule has 2 aliphatic rings. The minimum absolute atomic E-state index is 0.123. The minimum atomic E-state index is -3.34. The molecule has 0 saturated carbocycles. The average molecular weight is 517 g/mol. The maximum absolute atomic E-state index is 12.9. The molecule has 2 aliphatic heterocycles. The molecule has 0 aromatic heterocycles. The standard InChI is InChI=1S/C21H33BrN4O4S/c1-16(14-17-4-5-20(27)19(22)15-17)21(28)25-12-10-24(11-13-25)18-6-8-26(9-7-18)31(29,30)23(2)3/h4-5,15-16,18,27H,6-14H2,1-3H3/t16-/m1/s1. The maximum Gasteiger partial charge on any atom is 0.281 e. The van der Waals surface area contributed by atoms with Crippen LogP contribution in [0.25, 0.3) is 0 Å². The van der Waals surface area contributed by atoms with Crippen molar-refractivity contribution in [1.29, 1.82) is 0 Å². The van der Waals surface area contributed by atoms with Crippen LogP contribution >= 0.6 is 15.9 Å². The highest BCUT2D eigenvalue weighted by Crippen LogP contribution is 2.26. The van der Waals surface area contributed by atoms with Gasteiger partial charge in [0.1, 0.15) is 5.75 Å². The second-order valence-electron chi connectivity index (χ2n) is 8.67. The molecule has 1 N–H and O–H groups in total. The molecule has 1 aromatic carbocycles. The molecule has 0 aliphatic carbocycles. The summed E-state index contributed by atoms with van der Waals surface area (Å²) >= 11 is 3.33. The number of phenolic OH excluding ortho intramolecular Hbond substituents is 1. The summed E-state index contributed by atoms with van der Waals surface area (Å²) in [5.41, 5.74) is 1.02. The van der Waals surface area contributed by atoms with Crippen molar-refractivity contribution < 1.29 is 18.3 Å². The van der Waals surface area contributed by atoms with E-state index in [1.165, 1.54) is 4.31 Å². The van der Waals surface area contributed by atoms with Crippen LogP contribution < -0.4 is 0 Å². The van der Waals surface area contributed by atoms with Crippen LogP contribution in [-0.2, 0) is 21.4 Å². The second kappa shape index (κ2) is 10.2. The van der Waals surface area contributed by atoms with Crippen LogP contribution in [0.15, 0.2) is 22.7 Å². The fourth-order valence-corrected chi connectivity index (χ4v) is 5.97. The average Bonchev–Trinajstić information content (AvgIpc) is 2.76. The Labute approximate surface area is 194 Å². The highest BCUT2D eigenvalue weighted by molar-refractivity contribution is 9.10. The number of piperazine rings is 1. The number of hydrogen-bond acceptors (Lipinski definition) is 5. The Hall–Kier alpha value is -1.20. The second-order valence-corrected chi connectivity index (χ2v) is 11.7. The fourth-order valence-electron chi connectivity index (χ4n) is 4.41. The van der Waals surface area contributed by atoms with Gasteiger partial charge < -0.3 is 10.0 Å². The quantitative estimate of drug-likeness (QED) is 0.622. The summed E-state index contributed by atoms with van der Waals surface area (Å²) < 4.78 is 28.1. The van der Waals surface area contributed by atoms with Gasteiger partial charge in [-0.3, -0.25) is 9.69 Å². The third kappa shape index (κ3) is 5.78. The van der Waals surface area contributed by atoms with Crippen LogP contribution in [0, 0.1) is 5.92 Å². The number of amides is 1. The minimum Gasteiger partial charge on any atom is -0.507 e. The van der Waals surface area contributed by atoms with Crippen LogP contribution in [0.2, 0.25) is 0 Å². The Morgan fingerprint density at radius 1 is 1.16 bits per heavy atom. The van der Waals surface area contributed by atoms with E-state index < -0.39 is 10.2 Å². The topological polar surface area (TPSA) is 84.4 Å². The Morgan fingerprint density at radius 2 is 1.77 bits per heavy atom. The number of benzene rings is 1. The molecule has 31 heavy (non-hydrogen) atoms. The van der Waals surface area contributed by atoms with Crippen molar-refractivity contribution in [2.45, 2.75) is 32.2 Å². The Bertz CT molecular complexity index is 879. The van der Waals surface area contributed by atoms with E-state index in [1.807, 2.05) is 24.0 Å². The van der Waals surface area contributed by atoms with Crippen molar-refractivity contribution in [3.05, 3.63) is 28.2 Å². The van der Waals surface area contributed by atoms with Crippen molar-refractivity contribution in [2.75, 3.05) is 53.4 Å². The number of halogens is 1. The molecular weight excluding hydrogens is 484 g/mol. The zero-order valence-electron chi connectivity index (χ0n) is 18.5. The smallest absolute Gasteiger partial charge is 0.281 e. The summed E-state index contributed by atoms with van der Waals surface area (Å²) in [5.74, 6) is 0.238. The van der Waals surface area contributed by atoms with E-state index in [1.54, 1.807) is 24.5 Å². The van der Waals surface area contributed by atoms with Gasteiger partial charge in [-0.15, -0.1) is 0 Å². The number of hydrogen-bond donors (Lipinski definition) is 1. The molecule has 1 atom stereocenters. The predicted octanol–water partition coefficient (Wildman–Crippen LogP) is 1.75. The Kier molecular flexibility index (Phi) is 8.01. The molecule has 0 spiro atoms. The van der Waals surface area contributed by atoms with E-state index in [4.69, 9.17) is 0 Å². The highest BCUT2D eigenvalue weighted by atomic mass is 79.9. The first kappa shape index (κ1) is 24.4. The summed E-state index contributed by atoms with van der Waals surface area (Å²) in [6, 6.07) is 5.73. The lowest BCUT2D eigenvalue weighted by Gasteiger charge is -2.43. The SMILES string of the molecule is C[C@H](Cc1ccc(O)c(Br)c1)C(=O)N1CCN(C2CCN(S(=O)(=O)N(C)C)CC2)CC1. The van der Waals surface area contributed by atoms with E-state index in [9.17, 15) is 18.3 Å². The van der Waals surface area contributed by atoms with Gasteiger partial charge in [0.05, 0.1) is 4.47 Å². The number of phenols is 1. The third-order valence-corrected chi connectivity index (χ3v) is 8.90. The largest absolute Gasteiger partial charge is 0.507 e. The number of nitrogens with zero attached hydrogens (tertiary/aromatic N) is 4. The van der Waals surface area contributed by atoms with Crippen molar-refractivity contribution in [3.63, 3.8) is 0 Å². The van der Waals surface area contributed by atoms with Crippen LogP contribution in [0.5, 0.6) is 5.75 Å². The molecule has 1 aromatic rings. The number of carbonyl (C=O) groups excluding carboxylic acids is 1. The molecular formula is C21H33BrN4O4S. The fraction of sp³-hybridized carbons (Fsp3) is 0.667. The zero-order valence-corrected chi connectivity index (χ0v) is 20.9. The van der Waals surface area contributed by atoms with E-state index in [0.29, 0.717) is 43.1 Å². The van der Waals surface area contributed by atoms with Crippen LogP contribution in [-0.4, -0.2) is 97.2 Å². The first-order valence-corrected chi connectivity index (χ1v) is 13.0. The maximum atomic E-state index is 12.9. The number of carbonyl (C=O) groups is 1. The summed E-state index contributed by atoms with van der Waals surface area (Å²) in [4.78, 5) is 17.3. The molecule has 0 unspecified atom stereocenters. The van der Waals surface area contributed by atoms with Crippen LogP contribution in [0.3, 0.4) is 0 Å². The van der Waals surface area contributed by atoms with Gasteiger partial charge in [-0.1, -0.05) is 13.0 Å². The monoisotopic (exact) mass is 516 g/mol. The zero-order chi connectivity index (χ0) is 22.8. The third-order valence-electron chi connectivity index (χ3n) is 6.33. The van der Waals surface area contributed by atoms with Crippen molar-refractivity contribution in [2.24, 2.45) is 5.92 Å². The number of aromatic hydroxyl groups is 1. The number of rotatable bonds is 6. The van der Waals surface area contributed by atoms with Crippen molar-refractivity contribution in [3.8, 4) is 5.75 Å². The number of piperidine rings is 1. The molecule has 8 nitrogen and oxygen atoms in total. The van der Waals surface area contributed by atoms with Crippen molar-refractivity contribution >= 4 is 32.0 Å². The molecule has 0 bridgehead atoms. The van der Waals surface area contributed by atoms with Gasteiger partial charge in [-0.2, -0.15) is 17.0 Å². The molecule has 174 valence electrons. The van der Waals surface area contributed by atoms with Crippen LogP contribution in [0.4, 0.5) is 0 Å². The van der Waals surface area contributed by atoms with Gasteiger partial charge in [-0.05, 0) is 52.9 Å². The van der Waals surface area contributed by atoms with E-state index in [0.717, 1.165) is 31.5 Å². The van der Waals surface area contributed by atoms with Gasteiger partial charge in [0, 0.05) is 65.3 Å². The van der Waals surface area contributed by atoms with E-state index >= 15 is 0 Å². The first-order chi connectivity index (χ1) is 14.6. The summed E-state index contributed by atoms with van der Waals surface area (Å²) in [7, 11) is -0.199. The molecule has 2 saturated heterocycles. The molecule has 3 rings (SSSR count). The van der Waals surface area contributed by atoms with Crippen molar-refractivity contribution in [1.82, 2.24) is 18.4 Å². The predicted molar refractivity (Wildman–Crippen MR) is 124 cm³/mol. The molecule has 2 fully saturated rings. The Balaban J connectivity index is 1.47. The van der Waals surface area contributed by atoms with Gasteiger partial charge in [0.25, 0.3) is 10.2 Å². The van der Waals surface area contributed by atoms with E-state index in [-0.39, 0.29) is 17.6 Å². The summed E-state index contributed by atoms with van der Waals surface area (Å²) in [5, 5.41) is 9.64. The van der Waals surface area contributed by atoms with Gasteiger partial charge in [0.15, 0.2) is 0 Å². The summed E-state index contributed by atoms with van der Waals surface area (Å²) in [6.45, 7) is 6.11. The highest BCUT2D eigenvalue weighted by Gasteiger charge is 2.34. The van der Waals surface area contributed by atoms with Crippen LogP contribution in [0.1, 0.15) is 25.3 Å². The molecule has 10 heteroatoms. The molecule has 2 heterocycles. The lowest BCUT2D eigenvalue weighted by atomic mass is 9.99. The van der Waals surface area contributed by atoms with Gasteiger partial charge >= 0.3 is 0 Å². The van der Waals surface area contributed by atoms with Gasteiger partial charge in [0.2, 0.25) is 5.91 Å². The van der Waals surface area contributed by atoms with Gasteiger partial charge in [-0.25, -0.2) is 0 Å².